The van der Waals surface area contributed by atoms with Gasteiger partial charge in [-0.2, -0.15) is 5.10 Å². The van der Waals surface area contributed by atoms with Crippen molar-refractivity contribution in [2.24, 2.45) is 5.10 Å². The second-order valence-corrected chi connectivity index (χ2v) is 4.03. The van der Waals surface area contributed by atoms with Crippen LogP contribution in [0.4, 0.5) is 0 Å². The van der Waals surface area contributed by atoms with E-state index in [-0.39, 0.29) is 5.91 Å². The number of benzene rings is 1. The third-order valence-corrected chi connectivity index (χ3v) is 2.34. The van der Waals surface area contributed by atoms with E-state index in [1.807, 2.05) is 13.8 Å². The second-order valence-electron chi connectivity index (χ2n) is 3.62. The van der Waals surface area contributed by atoms with Crippen LogP contribution in [0.2, 0.25) is 5.02 Å². The Morgan fingerprint density at radius 2 is 2.05 bits per heavy atom. The van der Waals surface area contributed by atoms with E-state index >= 15 is 0 Å². The summed E-state index contributed by atoms with van der Waals surface area (Å²) in [6.07, 6.45) is 1.49. The van der Waals surface area contributed by atoms with Crippen molar-refractivity contribution < 1.29 is 14.3 Å². The maximum atomic E-state index is 10.7. The van der Waals surface area contributed by atoms with Gasteiger partial charge in [-0.05, 0) is 31.5 Å². The van der Waals surface area contributed by atoms with Crippen LogP contribution in [0.3, 0.4) is 0 Å². The summed E-state index contributed by atoms with van der Waals surface area (Å²) in [5, 5.41) is 4.22. The van der Waals surface area contributed by atoms with Gasteiger partial charge < -0.3 is 9.47 Å². The number of nitrogens with zero attached hydrogens (tertiary/aromatic N) is 1. The molecule has 104 valence electrons. The Balaban J connectivity index is 3.01. The SMILES string of the molecule is CCOc1cc(/C=N\NC(C)=O)cc(Cl)c1OCC. The van der Waals surface area contributed by atoms with Gasteiger partial charge in [0.25, 0.3) is 0 Å². The van der Waals surface area contributed by atoms with Crippen LogP contribution in [0.1, 0.15) is 26.3 Å². The Bertz CT molecular complexity index is 475. The minimum atomic E-state index is -0.238. The third-order valence-electron chi connectivity index (χ3n) is 2.06. The molecule has 1 rings (SSSR count). The minimum absolute atomic E-state index is 0.238. The van der Waals surface area contributed by atoms with Crippen molar-refractivity contribution in [1.82, 2.24) is 5.43 Å². The highest BCUT2D eigenvalue weighted by Gasteiger charge is 2.11. The molecule has 0 unspecified atom stereocenters. The normalized spacial score (nSPS) is 10.5. The van der Waals surface area contributed by atoms with Crippen molar-refractivity contribution >= 4 is 23.7 Å². The molecule has 0 radical (unpaired) electrons. The number of hydrogen-bond acceptors (Lipinski definition) is 4. The zero-order valence-electron chi connectivity index (χ0n) is 11.2. The number of halogens is 1. The number of rotatable bonds is 6. The molecule has 1 amide bonds. The molecule has 19 heavy (non-hydrogen) atoms. The van der Waals surface area contributed by atoms with E-state index in [9.17, 15) is 4.79 Å². The maximum Gasteiger partial charge on any atom is 0.236 e. The molecule has 0 saturated carbocycles. The lowest BCUT2D eigenvalue weighted by molar-refractivity contribution is -0.118. The molecule has 0 atom stereocenters. The molecule has 6 heteroatoms. The van der Waals surface area contributed by atoms with Crippen molar-refractivity contribution in [3.63, 3.8) is 0 Å². The molecular weight excluding hydrogens is 268 g/mol. The Hall–Kier alpha value is -1.75. The molecule has 1 aromatic carbocycles. The molecule has 0 aliphatic rings. The van der Waals surface area contributed by atoms with E-state index < -0.39 is 0 Å². The smallest absolute Gasteiger partial charge is 0.236 e. The van der Waals surface area contributed by atoms with Gasteiger partial charge in [-0.25, -0.2) is 5.43 Å². The first-order chi connectivity index (χ1) is 9.08. The predicted molar refractivity (Wildman–Crippen MR) is 75.2 cm³/mol. The fourth-order valence-corrected chi connectivity index (χ4v) is 1.68. The Kier molecular flexibility index (Phi) is 6.15. The van der Waals surface area contributed by atoms with Crippen molar-refractivity contribution in [3.05, 3.63) is 22.7 Å². The van der Waals surface area contributed by atoms with Crippen molar-refractivity contribution in [2.45, 2.75) is 20.8 Å². The van der Waals surface area contributed by atoms with Crippen LogP contribution in [0.5, 0.6) is 11.5 Å². The summed E-state index contributed by atoms with van der Waals surface area (Å²) in [6.45, 7) is 6.13. The zero-order chi connectivity index (χ0) is 14.3. The largest absolute Gasteiger partial charge is 0.490 e. The molecule has 0 heterocycles. The summed E-state index contributed by atoms with van der Waals surface area (Å²) in [4.78, 5) is 10.7. The summed E-state index contributed by atoms with van der Waals surface area (Å²) in [5.74, 6) is 0.835. The van der Waals surface area contributed by atoms with Gasteiger partial charge in [0.05, 0.1) is 24.5 Å². The zero-order valence-corrected chi connectivity index (χ0v) is 12.0. The van der Waals surface area contributed by atoms with Crippen LogP contribution in [-0.4, -0.2) is 25.3 Å². The molecule has 5 nitrogen and oxygen atoms in total. The van der Waals surface area contributed by atoms with Gasteiger partial charge in [0.2, 0.25) is 5.91 Å². The summed E-state index contributed by atoms with van der Waals surface area (Å²) in [7, 11) is 0. The number of ether oxygens (including phenoxy) is 2. The first-order valence-electron chi connectivity index (χ1n) is 5.97. The lowest BCUT2D eigenvalue weighted by Crippen LogP contribution is -2.12. The fraction of sp³-hybridized carbons (Fsp3) is 0.385. The average molecular weight is 285 g/mol. The summed E-state index contributed by atoms with van der Waals surface area (Å²) < 4.78 is 10.9. The highest BCUT2D eigenvalue weighted by atomic mass is 35.5. The van der Waals surface area contributed by atoms with Crippen LogP contribution in [0, 0.1) is 0 Å². The number of hydrazone groups is 1. The lowest BCUT2D eigenvalue weighted by atomic mass is 10.2. The van der Waals surface area contributed by atoms with E-state index in [0.717, 1.165) is 0 Å². The quantitative estimate of drug-likeness (QED) is 0.645. The molecule has 1 N–H and O–H groups in total. The summed E-state index contributed by atoms with van der Waals surface area (Å²) >= 11 is 6.14. The molecule has 0 aliphatic heterocycles. The molecule has 0 aromatic heterocycles. The van der Waals surface area contributed by atoms with Crippen LogP contribution in [-0.2, 0) is 4.79 Å². The highest BCUT2D eigenvalue weighted by molar-refractivity contribution is 6.32. The minimum Gasteiger partial charge on any atom is -0.490 e. The second kappa shape index (κ2) is 7.63. The Morgan fingerprint density at radius 3 is 2.63 bits per heavy atom. The van der Waals surface area contributed by atoms with E-state index in [1.165, 1.54) is 13.1 Å². The summed E-state index contributed by atoms with van der Waals surface area (Å²) in [5.41, 5.74) is 3.03. The van der Waals surface area contributed by atoms with Gasteiger partial charge in [0, 0.05) is 6.92 Å². The maximum absolute atomic E-state index is 10.7. The van der Waals surface area contributed by atoms with Gasteiger partial charge in [-0.1, -0.05) is 11.6 Å². The van der Waals surface area contributed by atoms with E-state index in [4.69, 9.17) is 21.1 Å². The van der Waals surface area contributed by atoms with Gasteiger partial charge >= 0.3 is 0 Å². The lowest BCUT2D eigenvalue weighted by Gasteiger charge is -2.13. The van der Waals surface area contributed by atoms with E-state index in [0.29, 0.717) is 35.3 Å². The molecule has 1 aromatic rings. The Labute approximate surface area is 117 Å². The van der Waals surface area contributed by atoms with Crippen molar-refractivity contribution in [2.75, 3.05) is 13.2 Å². The van der Waals surface area contributed by atoms with Gasteiger partial charge in [-0.3, -0.25) is 4.79 Å². The number of nitrogens with one attached hydrogen (secondary N) is 1. The molecule has 0 bridgehead atoms. The van der Waals surface area contributed by atoms with Crippen LogP contribution in [0.25, 0.3) is 0 Å². The Morgan fingerprint density at radius 1 is 1.37 bits per heavy atom. The molecule has 0 saturated heterocycles. The van der Waals surface area contributed by atoms with Gasteiger partial charge in [-0.15, -0.1) is 0 Å². The summed E-state index contributed by atoms with van der Waals surface area (Å²) in [6, 6.07) is 3.45. The van der Waals surface area contributed by atoms with E-state index in [2.05, 4.69) is 10.5 Å². The first kappa shape index (κ1) is 15.3. The van der Waals surface area contributed by atoms with Gasteiger partial charge in [0.1, 0.15) is 0 Å². The molecule has 0 aliphatic carbocycles. The predicted octanol–water partition coefficient (Wildman–Crippen LogP) is 2.61. The number of carbonyl (C=O) groups is 1. The van der Waals surface area contributed by atoms with E-state index in [1.54, 1.807) is 12.1 Å². The van der Waals surface area contributed by atoms with Crippen molar-refractivity contribution in [3.8, 4) is 11.5 Å². The van der Waals surface area contributed by atoms with Crippen molar-refractivity contribution in [1.29, 1.82) is 0 Å². The topological polar surface area (TPSA) is 59.9 Å². The molecule has 0 spiro atoms. The standard InChI is InChI=1S/C13H17ClN2O3/c1-4-18-12-7-10(8-15-16-9(3)17)6-11(14)13(12)19-5-2/h6-8H,4-5H2,1-3H3,(H,16,17)/b15-8-. The average Bonchev–Trinajstić information content (AvgIpc) is 2.33. The molecule has 0 fully saturated rings. The third kappa shape index (κ3) is 4.79. The molecular formula is C13H17ClN2O3. The number of amides is 1. The first-order valence-corrected chi connectivity index (χ1v) is 6.35. The number of carbonyl (C=O) groups excluding carboxylic acids is 1. The van der Waals surface area contributed by atoms with Crippen LogP contribution in [0.15, 0.2) is 17.2 Å². The van der Waals surface area contributed by atoms with Gasteiger partial charge in [0.15, 0.2) is 11.5 Å². The monoisotopic (exact) mass is 284 g/mol. The van der Waals surface area contributed by atoms with Crippen LogP contribution >= 0.6 is 11.6 Å². The number of hydrogen-bond donors (Lipinski definition) is 1. The fourth-order valence-electron chi connectivity index (χ4n) is 1.41. The highest BCUT2D eigenvalue weighted by Crippen LogP contribution is 2.36. The van der Waals surface area contributed by atoms with Crippen LogP contribution < -0.4 is 14.9 Å².